The predicted molar refractivity (Wildman–Crippen MR) is 80.0 cm³/mol. The van der Waals surface area contributed by atoms with Crippen LogP contribution in [-0.2, 0) is 6.42 Å². The molecule has 0 aliphatic carbocycles. The molecule has 2 heterocycles. The molecule has 114 valence electrons. The summed E-state index contributed by atoms with van der Waals surface area (Å²) < 4.78 is 4.87. The Balaban J connectivity index is 2.10. The van der Waals surface area contributed by atoms with Crippen molar-refractivity contribution in [3.8, 4) is 6.01 Å². The van der Waals surface area contributed by atoms with Crippen molar-refractivity contribution in [1.82, 2.24) is 15.0 Å². The summed E-state index contributed by atoms with van der Waals surface area (Å²) in [5.74, 6) is -0.450. The van der Waals surface area contributed by atoms with Crippen LogP contribution in [0.25, 0.3) is 0 Å². The molecule has 0 bridgehead atoms. The Hall–Kier alpha value is -2.63. The Morgan fingerprint density at radius 1 is 1.23 bits per heavy atom. The second-order valence-electron chi connectivity index (χ2n) is 5.00. The van der Waals surface area contributed by atoms with Crippen molar-refractivity contribution in [2.45, 2.75) is 20.3 Å². The molecule has 0 aliphatic heterocycles. The Labute approximate surface area is 128 Å². The highest BCUT2D eigenvalue weighted by Crippen LogP contribution is 2.14. The van der Waals surface area contributed by atoms with E-state index in [1.54, 1.807) is 18.2 Å². The van der Waals surface area contributed by atoms with Crippen LogP contribution in [0.1, 0.15) is 40.4 Å². The third-order valence-corrected chi connectivity index (χ3v) is 3.23. The molecule has 2 aromatic heterocycles. The largest absolute Gasteiger partial charge is 0.467 e. The van der Waals surface area contributed by atoms with E-state index in [-0.39, 0.29) is 23.5 Å². The van der Waals surface area contributed by atoms with Gasteiger partial charge in [0.2, 0.25) is 0 Å². The number of hydrogen-bond donors (Lipinski definition) is 0. The summed E-state index contributed by atoms with van der Waals surface area (Å²) in [5, 5.41) is 0. The number of ketones is 2. The summed E-state index contributed by atoms with van der Waals surface area (Å²) in [6.45, 7) is 3.28. The molecule has 22 heavy (non-hydrogen) atoms. The maximum atomic E-state index is 12.4. The Bertz CT molecular complexity index is 683. The maximum absolute atomic E-state index is 12.4. The van der Waals surface area contributed by atoms with Gasteiger partial charge in [0.05, 0.1) is 12.7 Å². The van der Waals surface area contributed by atoms with Crippen molar-refractivity contribution in [2.75, 3.05) is 7.11 Å². The van der Waals surface area contributed by atoms with Gasteiger partial charge in [0.1, 0.15) is 5.69 Å². The molecule has 2 aromatic rings. The third kappa shape index (κ3) is 3.72. The van der Waals surface area contributed by atoms with Gasteiger partial charge in [-0.1, -0.05) is 13.0 Å². The Morgan fingerprint density at radius 3 is 2.50 bits per heavy atom. The van der Waals surface area contributed by atoms with Crippen LogP contribution in [-0.4, -0.2) is 33.6 Å². The molecule has 1 atom stereocenters. The zero-order valence-corrected chi connectivity index (χ0v) is 12.7. The minimum absolute atomic E-state index is 0.0716. The van der Waals surface area contributed by atoms with Crippen LogP contribution in [0, 0.1) is 5.92 Å². The molecule has 0 spiro atoms. The highest BCUT2D eigenvalue weighted by atomic mass is 16.5. The van der Waals surface area contributed by atoms with Crippen molar-refractivity contribution < 1.29 is 14.3 Å². The van der Waals surface area contributed by atoms with Crippen LogP contribution in [0.3, 0.4) is 0 Å². The van der Waals surface area contributed by atoms with Gasteiger partial charge in [-0.2, -0.15) is 0 Å². The van der Waals surface area contributed by atoms with Crippen LogP contribution in [0.5, 0.6) is 6.01 Å². The fourth-order valence-corrected chi connectivity index (χ4v) is 2.03. The van der Waals surface area contributed by atoms with Gasteiger partial charge in [-0.05, 0) is 18.6 Å². The first-order chi connectivity index (χ1) is 10.5. The third-order valence-electron chi connectivity index (χ3n) is 3.23. The first-order valence-electron chi connectivity index (χ1n) is 6.88. The van der Waals surface area contributed by atoms with Crippen LogP contribution in [0.15, 0.2) is 30.6 Å². The lowest BCUT2D eigenvalue weighted by atomic mass is 9.96. The van der Waals surface area contributed by atoms with E-state index in [1.807, 2.05) is 6.92 Å². The number of rotatable bonds is 6. The molecule has 2 rings (SSSR count). The van der Waals surface area contributed by atoms with Gasteiger partial charge in [-0.25, -0.2) is 15.0 Å². The summed E-state index contributed by atoms with van der Waals surface area (Å²) in [6, 6.07) is 5.46. The van der Waals surface area contributed by atoms with Gasteiger partial charge in [0.25, 0.3) is 0 Å². The summed E-state index contributed by atoms with van der Waals surface area (Å²) in [6.07, 6.45) is 3.35. The van der Waals surface area contributed by atoms with E-state index in [9.17, 15) is 9.59 Å². The fourth-order valence-electron chi connectivity index (χ4n) is 2.03. The highest BCUT2D eigenvalue weighted by Gasteiger charge is 2.18. The first-order valence-corrected chi connectivity index (χ1v) is 6.88. The van der Waals surface area contributed by atoms with E-state index in [0.29, 0.717) is 23.4 Å². The van der Waals surface area contributed by atoms with E-state index >= 15 is 0 Å². The van der Waals surface area contributed by atoms with Crippen molar-refractivity contribution in [1.29, 1.82) is 0 Å². The van der Waals surface area contributed by atoms with Crippen LogP contribution in [0.2, 0.25) is 0 Å². The SMILES string of the molecule is COc1ncc(C(=O)C(C)Cc2cccc(C(C)=O)n2)cn1. The van der Waals surface area contributed by atoms with E-state index in [0.717, 1.165) is 0 Å². The van der Waals surface area contributed by atoms with Crippen LogP contribution < -0.4 is 4.74 Å². The summed E-state index contributed by atoms with van der Waals surface area (Å²) in [4.78, 5) is 35.8. The van der Waals surface area contributed by atoms with Crippen molar-refractivity contribution in [2.24, 2.45) is 5.92 Å². The van der Waals surface area contributed by atoms with Crippen molar-refractivity contribution >= 4 is 11.6 Å². The number of nitrogens with zero attached hydrogens (tertiary/aromatic N) is 3. The van der Waals surface area contributed by atoms with Gasteiger partial charge >= 0.3 is 6.01 Å². The quantitative estimate of drug-likeness (QED) is 0.760. The van der Waals surface area contributed by atoms with Gasteiger partial charge < -0.3 is 4.74 Å². The average Bonchev–Trinajstić information content (AvgIpc) is 2.54. The molecule has 0 amide bonds. The number of ether oxygens (including phenoxy) is 1. The summed E-state index contributed by atoms with van der Waals surface area (Å²) in [7, 11) is 1.47. The number of carbonyl (C=O) groups is 2. The zero-order valence-electron chi connectivity index (χ0n) is 12.7. The van der Waals surface area contributed by atoms with E-state index in [2.05, 4.69) is 15.0 Å². The number of pyridine rings is 1. The van der Waals surface area contributed by atoms with Gasteiger partial charge in [-0.15, -0.1) is 0 Å². The standard InChI is InChI=1S/C16H17N3O3/c1-10(7-13-5-4-6-14(19-13)11(2)20)15(21)12-8-17-16(22-3)18-9-12/h4-6,8-10H,7H2,1-3H3. The highest BCUT2D eigenvalue weighted by molar-refractivity contribution is 5.97. The van der Waals surface area contributed by atoms with E-state index < -0.39 is 0 Å². The van der Waals surface area contributed by atoms with Crippen LogP contribution in [0.4, 0.5) is 0 Å². The molecule has 1 unspecified atom stereocenters. The number of methoxy groups -OCH3 is 1. The molecule has 0 saturated carbocycles. The predicted octanol–water partition coefficient (Wildman–Crippen LogP) is 2.14. The summed E-state index contributed by atoms with van der Waals surface area (Å²) in [5.41, 5.74) is 1.55. The molecule has 0 saturated heterocycles. The maximum Gasteiger partial charge on any atom is 0.316 e. The Kier molecular flexibility index (Phi) is 4.93. The van der Waals surface area contributed by atoms with Crippen LogP contribution >= 0.6 is 0 Å². The monoisotopic (exact) mass is 299 g/mol. The lowest BCUT2D eigenvalue weighted by molar-refractivity contribution is 0.0927. The lowest BCUT2D eigenvalue weighted by Gasteiger charge is -2.10. The lowest BCUT2D eigenvalue weighted by Crippen LogP contribution is -2.16. The molecule has 0 radical (unpaired) electrons. The smallest absolute Gasteiger partial charge is 0.316 e. The van der Waals surface area contributed by atoms with E-state index in [1.165, 1.54) is 26.4 Å². The average molecular weight is 299 g/mol. The van der Waals surface area contributed by atoms with E-state index in [4.69, 9.17) is 4.74 Å². The molecule has 0 N–H and O–H groups in total. The van der Waals surface area contributed by atoms with Gasteiger partial charge in [0, 0.05) is 30.9 Å². The summed E-state index contributed by atoms with van der Waals surface area (Å²) >= 11 is 0. The minimum Gasteiger partial charge on any atom is -0.467 e. The molecule has 0 aliphatic rings. The molecular formula is C16H17N3O3. The minimum atomic E-state index is -0.285. The molecule has 0 aromatic carbocycles. The fraction of sp³-hybridized carbons (Fsp3) is 0.312. The van der Waals surface area contributed by atoms with Gasteiger partial charge in [0.15, 0.2) is 11.6 Å². The number of aromatic nitrogens is 3. The number of Topliss-reactive ketones (excluding diaryl/α,β-unsaturated/α-hetero) is 2. The van der Waals surface area contributed by atoms with Crippen molar-refractivity contribution in [3.05, 3.63) is 47.5 Å². The van der Waals surface area contributed by atoms with Gasteiger partial charge in [-0.3, -0.25) is 9.59 Å². The first kappa shape index (κ1) is 15.8. The second-order valence-corrected chi connectivity index (χ2v) is 5.00. The second kappa shape index (κ2) is 6.89. The normalized spacial score (nSPS) is 11.8. The Morgan fingerprint density at radius 2 is 1.91 bits per heavy atom. The number of carbonyl (C=O) groups excluding carboxylic acids is 2. The number of hydrogen-bond acceptors (Lipinski definition) is 6. The topological polar surface area (TPSA) is 82.0 Å². The molecule has 6 nitrogen and oxygen atoms in total. The molecule has 0 fully saturated rings. The zero-order chi connectivity index (χ0) is 16.1. The molecule has 6 heteroatoms. The van der Waals surface area contributed by atoms with Crippen molar-refractivity contribution in [3.63, 3.8) is 0 Å². The molecular weight excluding hydrogens is 282 g/mol.